The fourth-order valence-corrected chi connectivity index (χ4v) is 3.71. The first-order valence-corrected chi connectivity index (χ1v) is 9.73. The molecule has 1 aliphatic rings. The van der Waals surface area contributed by atoms with E-state index in [-0.39, 0.29) is 18.4 Å². The third-order valence-corrected chi connectivity index (χ3v) is 5.42. The topological polar surface area (TPSA) is 49.6 Å². The molecule has 0 radical (unpaired) electrons. The second kappa shape index (κ2) is 8.86. The van der Waals surface area contributed by atoms with Gasteiger partial charge in [0, 0.05) is 19.3 Å². The van der Waals surface area contributed by atoms with Gasteiger partial charge >= 0.3 is 6.18 Å². The second-order valence-corrected chi connectivity index (χ2v) is 7.57. The van der Waals surface area contributed by atoms with Crippen LogP contribution in [0.1, 0.15) is 35.6 Å². The summed E-state index contributed by atoms with van der Waals surface area (Å²) >= 11 is 0. The van der Waals surface area contributed by atoms with Gasteiger partial charge in [-0.05, 0) is 61.3 Å². The maximum atomic E-state index is 12.9. The van der Waals surface area contributed by atoms with Gasteiger partial charge in [0.15, 0.2) is 0 Å². The van der Waals surface area contributed by atoms with Gasteiger partial charge in [-0.1, -0.05) is 24.3 Å². The van der Waals surface area contributed by atoms with E-state index in [4.69, 9.17) is 5.73 Å². The minimum atomic E-state index is -4.38. The Hall–Kier alpha value is -2.54. The van der Waals surface area contributed by atoms with E-state index >= 15 is 0 Å². The van der Waals surface area contributed by atoms with Gasteiger partial charge in [-0.2, -0.15) is 13.2 Å². The summed E-state index contributed by atoms with van der Waals surface area (Å²) in [5, 5.41) is 0. The number of alkyl halides is 3. The van der Waals surface area contributed by atoms with Crippen molar-refractivity contribution in [1.29, 1.82) is 0 Å². The lowest BCUT2D eigenvalue weighted by molar-refractivity contribution is -0.137. The smallest absolute Gasteiger partial charge is 0.399 e. The molecule has 1 heterocycles. The highest BCUT2D eigenvalue weighted by atomic mass is 19.4. The summed E-state index contributed by atoms with van der Waals surface area (Å²) in [6.45, 7) is 2.71. The number of likely N-dealkylation sites (tertiary alicyclic amines) is 1. The monoisotopic (exact) mass is 405 g/mol. The molecule has 3 rings (SSSR count). The number of likely N-dealkylation sites (N-methyl/N-ethyl adjacent to an activating group) is 1. The molecule has 0 spiro atoms. The van der Waals surface area contributed by atoms with E-state index in [0.717, 1.165) is 43.6 Å². The number of carbonyl (C=O) groups is 1. The Morgan fingerprint density at radius 2 is 1.79 bits per heavy atom. The Morgan fingerprint density at radius 3 is 2.38 bits per heavy atom. The Labute approximate surface area is 169 Å². The van der Waals surface area contributed by atoms with Gasteiger partial charge in [-0.25, -0.2) is 0 Å². The van der Waals surface area contributed by atoms with Crippen molar-refractivity contribution in [2.24, 2.45) is 0 Å². The van der Waals surface area contributed by atoms with Crippen LogP contribution in [0.3, 0.4) is 0 Å². The number of halogens is 3. The molecular weight excluding hydrogens is 379 g/mol. The molecule has 1 fully saturated rings. The van der Waals surface area contributed by atoms with E-state index in [1.807, 2.05) is 18.2 Å². The number of nitrogen functional groups attached to an aromatic ring is 1. The number of anilines is 1. The zero-order valence-corrected chi connectivity index (χ0v) is 16.5. The first-order chi connectivity index (χ1) is 13.7. The van der Waals surface area contributed by atoms with E-state index < -0.39 is 11.7 Å². The van der Waals surface area contributed by atoms with Gasteiger partial charge in [0.05, 0.1) is 18.0 Å². The van der Waals surface area contributed by atoms with Gasteiger partial charge in [0.2, 0.25) is 5.91 Å². The lowest BCUT2D eigenvalue weighted by Crippen LogP contribution is -2.39. The number of rotatable bonds is 6. The average molecular weight is 405 g/mol. The van der Waals surface area contributed by atoms with Crippen LogP contribution < -0.4 is 5.73 Å². The number of nitrogens with two attached hydrogens (primary N) is 1. The molecule has 1 saturated heterocycles. The summed E-state index contributed by atoms with van der Waals surface area (Å²) < 4.78 is 38.2. The predicted octanol–water partition coefficient (Wildman–Crippen LogP) is 4.13. The zero-order valence-electron chi connectivity index (χ0n) is 16.5. The fourth-order valence-electron chi connectivity index (χ4n) is 3.71. The Kier molecular flexibility index (Phi) is 6.47. The summed E-state index contributed by atoms with van der Waals surface area (Å²) in [4.78, 5) is 16.9. The van der Waals surface area contributed by atoms with Crippen LogP contribution in [0.15, 0.2) is 48.5 Å². The van der Waals surface area contributed by atoms with Crippen LogP contribution in [0.25, 0.3) is 0 Å². The number of amides is 1. The lowest BCUT2D eigenvalue weighted by Gasteiger charge is -2.32. The van der Waals surface area contributed by atoms with Crippen molar-refractivity contribution in [2.45, 2.75) is 31.5 Å². The minimum absolute atomic E-state index is 0.0491. The largest absolute Gasteiger partial charge is 0.416 e. The van der Waals surface area contributed by atoms with E-state index in [0.29, 0.717) is 17.8 Å². The molecule has 1 amide bonds. The maximum absolute atomic E-state index is 12.9. The molecule has 1 atom stereocenters. The molecule has 0 bridgehead atoms. The van der Waals surface area contributed by atoms with Crippen LogP contribution in [0.5, 0.6) is 0 Å². The van der Waals surface area contributed by atoms with Crippen LogP contribution >= 0.6 is 0 Å². The Bertz CT molecular complexity index is 830. The minimum Gasteiger partial charge on any atom is -0.399 e. The van der Waals surface area contributed by atoms with E-state index in [1.165, 1.54) is 12.1 Å². The highest BCUT2D eigenvalue weighted by molar-refractivity contribution is 5.79. The van der Waals surface area contributed by atoms with Gasteiger partial charge in [0.25, 0.3) is 0 Å². The quantitative estimate of drug-likeness (QED) is 0.736. The fraction of sp³-hybridized carbons (Fsp3) is 0.409. The number of benzene rings is 2. The molecule has 1 aliphatic heterocycles. The molecule has 156 valence electrons. The van der Waals surface area contributed by atoms with Gasteiger partial charge < -0.3 is 15.5 Å². The van der Waals surface area contributed by atoms with Gasteiger partial charge in [0.1, 0.15) is 0 Å². The van der Waals surface area contributed by atoms with Crippen molar-refractivity contribution in [3.63, 3.8) is 0 Å². The van der Waals surface area contributed by atoms with E-state index in [1.54, 1.807) is 18.0 Å². The molecule has 2 aromatic carbocycles. The predicted molar refractivity (Wildman–Crippen MR) is 107 cm³/mol. The van der Waals surface area contributed by atoms with Crippen molar-refractivity contribution < 1.29 is 18.0 Å². The summed E-state index contributed by atoms with van der Waals surface area (Å²) in [7, 11) is 1.75. The van der Waals surface area contributed by atoms with Crippen molar-refractivity contribution in [3.8, 4) is 0 Å². The number of nitrogens with zero attached hydrogens (tertiary/aromatic N) is 2. The molecule has 0 aliphatic carbocycles. The molecule has 7 heteroatoms. The third-order valence-electron chi connectivity index (χ3n) is 5.42. The number of hydrogen-bond donors (Lipinski definition) is 1. The van der Waals surface area contributed by atoms with E-state index in [2.05, 4.69) is 4.90 Å². The van der Waals surface area contributed by atoms with Crippen LogP contribution in [-0.4, -0.2) is 42.4 Å². The molecular formula is C22H26F3N3O. The van der Waals surface area contributed by atoms with Gasteiger partial charge in [-0.15, -0.1) is 0 Å². The summed E-state index contributed by atoms with van der Waals surface area (Å²) in [6, 6.07) is 12.1. The van der Waals surface area contributed by atoms with Crippen molar-refractivity contribution in [3.05, 3.63) is 65.2 Å². The standard InChI is InChI=1S/C22H26F3N3O/c1-27(21(29)13-16-7-9-18(10-8-16)22(23,24)25)20(15-28-11-2-3-12-28)17-5-4-6-19(26)14-17/h4-10,14,20H,2-3,11-13,15,26H2,1H3. The highest BCUT2D eigenvalue weighted by Gasteiger charge is 2.30. The average Bonchev–Trinajstić information content (AvgIpc) is 3.18. The normalized spacial score (nSPS) is 16.0. The summed E-state index contributed by atoms with van der Waals surface area (Å²) in [6.07, 6.45) is -2.04. The molecule has 29 heavy (non-hydrogen) atoms. The SMILES string of the molecule is CN(C(=O)Cc1ccc(C(F)(F)F)cc1)C(CN1CCCC1)c1cccc(N)c1. The van der Waals surface area contributed by atoms with Crippen LogP contribution in [0.2, 0.25) is 0 Å². The number of hydrogen-bond acceptors (Lipinski definition) is 3. The van der Waals surface area contributed by atoms with E-state index in [9.17, 15) is 18.0 Å². The zero-order chi connectivity index (χ0) is 21.0. The third kappa shape index (κ3) is 5.50. The summed E-state index contributed by atoms with van der Waals surface area (Å²) in [5.41, 5.74) is 7.38. The lowest BCUT2D eigenvalue weighted by atomic mass is 10.0. The maximum Gasteiger partial charge on any atom is 0.416 e. The van der Waals surface area contributed by atoms with Crippen LogP contribution in [0.4, 0.5) is 18.9 Å². The number of carbonyl (C=O) groups excluding carboxylic acids is 1. The van der Waals surface area contributed by atoms with Crippen molar-refractivity contribution in [1.82, 2.24) is 9.80 Å². The van der Waals surface area contributed by atoms with Crippen LogP contribution in [-0.2, 0) is 17.4 Å². The van der Waals surface area contributed by atoms with Crippen molar-refractivity contribution in [2.75, 3.05) is 32.4 Å². The Balaban J connectivity index is 1.75. The van der Waals surface area contributed by atoms with Crippen LogP contribution in [0, 0.1) is 0 Å². The van der Waals surface area contributed by atoms with Crippen molar-refractivity contribution >= 4 is 11.6 Å². The Morgan fingerprint density at radius 1 is 1.14 bits per heavy atom. The van der Waals surface area contributed by atoms with Gasteiger partial charge in [-0.3, -0.25) is 4.79 Å². The first-order valence-electron chi connectivity index (χ1n) is 9.73. The summed E-state index contributed by atoms with van der Waals surface area (Å²) in [5.74, 6) is -0.142. The molecule has 2 aromatic rings. The molecule has 0 saturated carbocycles. The second-order valence-electron chi connectivity index (χ2n) is 7.57. The first kappa shape index (κ1) is 21.2. The molecule has 2 N–H and O–H groups in total. The highest BCUT2D eigenvalue weighted by Crippen LogP contribution is 2.29. The molecule has 4 nitrogen and oxygen atoms in total. The molecule has 1 unspecified atom stereocenters. The molecule has 0 aromatic heterocycles.